The van der Waals surface area contributed by atoms with Crippen molar-refractivity contribution in [2.45, 2.75) is 12.5 Å². The van der Waals surface area contributed by atoms with Crippen LogP contribution in [0, 0.1) is 0 Å². The van der Waals surface area contributed by atoms with Crippen molar-refractivity contribution in [2.75, 3.05) is 13.1 Å². The van der Waals surface area contributed by atoms with E-state index in [9.17, 15) is 4.79 Å². The Balaban J connectivity index is 2.06. The number of thiazole rings is 1. The number of carbonyl (C=O) groups is 1. The predicted molar refractivity (Wildman–Crippen MR) is 50.6 cm³/mol. The van der Waals surface area contributed by atoms with Gasteiger partial charge in [-0.25, -0.2) is 4.98 Å². The van der Waals surface area contributed by atoms with Gasteiger partial charge in [0.05, 0.1) is 0 Å². The van der Waals surface area contributed by atoms with E-state index in [-0.39, 0.29) is 11.9 Å². The first-order chi connectivity index (χ1) is 6.27. The molecule has 70 valence electrons. The van der Waals surface area contributed by atoms with Gasteiger partial charge >= 0.3 is 0 Å². The minimum absolute atomic E-state index is 0.0166. The molecule has 0 aromatic carbocycles. The normalized spacial score (nSPS) is 22.2. The zero-order chi connectivity index (χ0) is 9.26. The molecule has 1 saturated heterocycles. The van der Waals surface area contributed by atoms with Gasteiger partial charge in [0.25, 0.3) is 5.91 Å². The van der Waals surface area contributed by atoms with Gasteiger partial charge in [-0.05, 0) is 6.42 Å². The molecule has 1 aliphatic rings. The number of amides is 1. The van der Waals surface area contributed by atoms with Crippen LogP contribution in [0.5, 0.6) is 0 Å². The Hall–Kier alpha value is -0.940. The lowest BCUT2D eigenvalue weighted by Gasteiger charge is -2.13. The summed E-state index contributed by atoms with van der Waals surface area (Å²) in [4.78, 5) is 17.4. The molecule has 5 heteroatoms. The SMILES string of the molecule is N[C@H]1CCN(C(=O)c2nccs2)C1. The Kier molecular flexibility index (Phi) is 2.28. The lowest BCUT2D eigenvalue weighted by molar-refractivity contribution is 0.0790. The fourth-order valence-electron chi connectivity index (χ4n) is 1.44. The molecule has 1 amide bonds. The zero-order valence-electron chi connectivity index (χ0n) is 7.14. The Bertz CT molecular complexity index is 298. The van der Waals surface area contributed by atoms with Crippen LogP contribution < -0.4 is 5.73 Å². The maximum absolute atomic E-state index is 11.7. The summed E-state index contributed by atoms with van der Waals surface area (Å²) in [5.41, 5.74) is 5.71. The van der Waals surface area contributed by atoms with Crippen molar-refractivity contribution in [1.29, 1.82) is 0 Å². The van der Waals surface area contributed by atoms with Gasteiger partial charge in [0.2, 0.25) is 0 Å². The van der Waals surface area contributed by atoms with Crippen LogP contribution in [0.1, 0.15) is 16.2 Å². The molecule has 0 unspecified atom stereocenters. The average Bonchev–Trinajstić information content (AvgIpc) is 2.72. The Morgan fingerprint density at radius 3 is 3.15 bits per heavy atom. The van der Waals surface area contributed by atoms with E-state index in [1.54, 1.807) is 11.1 Å². The maximum Gasteiger partial charge on any atom is 0.282 e. The van der Waals surface area contributed by atoms with E-state index < -0.39 is 0 Å². The summed E-state index contributed by atoms with van der Waals surface area (Å²) in [5.74, 6) is 0.0166. The van der Waals surface area contributed by atoms with Crippen molar-refractivity contribution >= 4 is 17.2 Å². The number of nitrogens with zero attached hydrogens (tertiary/aromatic N) is 2. The molecule has 13 heavy (non-hydrogen) atoms. The van der Waals surface area contributed by atoms with E-state index in [0.717, 1.165) is 13.0 Å². The molecule has 2 rings (SSSR count). The lowest BCUT2D eigenvalue weighted by atomic mass is 10.3. The number of aromatic nitrogens is 1. The largest absolute Gasteiger partial charge is 0.335 e. The van der Waals surface area contributed by atoms with Crippen LogP contribution in [-0.4, -0.2) is 34.9 Å². The predicted octanol–water partition coefficient (Wildman–Crippen LogP) is 0.316. The van der Waals surface area contributed by atoms with Gasteiger partial charge in [-0.1, -0.05) is 0 Å². The second-order valence-corrected chi connectivity index (χ2v) is 4.03. The van der Waals surface area contributed by atoms with Crippen LogP contribution in [-0.2, 0) is 0 Å². The van der Waals surface area contributed by atoms with Gasteiger partial charge in [-0.2, -0.15) is 0 Å². The molecule has 2 N–H and O–H groups in total. The number of hydrogen-bond donors (Lipinski definition) is 1. The van der Waals surface area contributed by atoms with Crippen LogP contribution in [0.2, 0.25) is 0 Å². The van der Waals surface area contributed by atoms with Crippen molar-refractivity contribution < 1.29 is 4.79 Å². The molecular weight excluding hydrogens is 186 g/mol. The fraction of sp³-hybridized carbons (Fsp3) is 0.500. The van der Waals surface area contributed by atoms with Crippen LogP contribution >= 0.6 is 11.3 Å². The van der Waals surface area contributed by atoms with Crippen LogP contribution in [0.3, 0.4) is 0 Å². The second kappa shape index (κ2) is 3.43. The van der Waals surface area contributed by atoms with Gasteiger partial charge < -0.3 is 10.6 Å². The molecule has 0 radical (unpaired) electrons. The summed E-state index contributed by atoms with van der Waals surface area (Å²) in [7, 11) is 0. The van der Waals surface area contributed by atoms with Gasteiger partial charge in [-0.15, -0.1) is 11.3 Å². The fourth-order valence-corrected chi connectivity index (χ4v) is 2.04. The van der Waals surface area contributed by atoms with Crippen molar-refractivity contribution in [3.63, 3.8) is 0 Å². The van der Waals surface area contributed by atoms with E-state index in [4.69, 9.17) is 5.73 Å². The monoisotopic (exact) mass is 197 g/mol. The number of carbonyl (C=O) groups excluding carboxylic acids is 1. The van der Waals surface area contributed by atoms with Crippen LogP contribution in [0.25, 0.3) is 0 Å². The highest BCUT2D eigenvalue weighted by atomic mass is 32.1. The molecule has 1 aromatic rings. The standard InChI is InChI=1S/C8H11N3OS/c9-6-1-3-11(5-6)8(12)7-10-2-4-13-7/h2,4,6H,1,3,5,9H2/t6-/m0/s1. The Morgan fingerprint density at radius 1 is 1.77 bits per heavy atom. The van der Waals surface area contributed by atoms with Crippen LogP contribution in [0.4, 0.5) is 0 Å². The van der Waals surface area contributed by atoms with Gasteiger partial charge in [0, 0.05) is 30.7 Å². The maximum atomic E-state index is 11.7. The third kappa shape index (κ3) is 1.71. The number of rotatable bonds is 1. The summed E-state index contributed by atoms with van der Waals surface area (Å²) < 4.78 is 0. The van der Waals surface area contributed by atoms with E-state index in [1.807, 2.05) is 5.38 Å². The molecule has 0 spiro atoms. The van der Waals surface area contributed by atoms with Crippen molar-refractivity contribution in [3.05, 3.63) is 16.6 Å². The van der Waals surface area contributed by atoms with E-state index in [0.29, 0.717) is 11.6 Å². The molecule has 1 atom stereocenters. The molecule has 4 nitrogen and oxygen atoms in total. The summed E-state index contributed by atoms with van der Waals surface area (Å²) in [5, 5.41) is 2.37. The quantitative estimate of drug-likeness (QED) is 0.705. The number of nitrogens with two attached hydrogens (primary N) is 1. The molecule has 1 aromatic heterocycles. The minimum Gasteiger partial charge on any atom is -0.335 e. The zero-order valence-corrected chi connectivity index (χ0v) is 7.96. The summed E-state index contributed by atoms with van der Waals surface area (Å²) in [6.07, 6.45) is 2.55. The highest BCUT2D eigenvalue weighted by Crippen LogP contribution is 2.13. The molecular formula is C8H11N3OS. The first-order valence-corrected chi connectivity index (χ1v) is 5.09. The van der Waals surface area contributed by atoms with Crippen molar-refractivity contribution in [3.8, 4) is 0 Å². The molecule has 1 aliphatic heterocycles. The third-order valence-corrected chi connectivity index (χ3v) is 2.89. The Morgan fingerprint density at radius 2 is 2.62 bits per heavy atom. The molecule has 0 saturated carbocycles. The summed E-state index contributed by atoms with van der Waals surface area (Å²) >= 11 is 1.38. The molecule has 0 bridgehead atoms. The lowest BCUT2D eigenvalue weighted by Crippen LogP contribution is -2.31. The second-order valence-electron chi connectivity index (χ2n) is 3.14. The van der Waals surface area contributed by atoms with E-state index in [1.165, 1.54) is 11.3 Å². The van der Waals surface area contributed by atoms with Crippen molar-refractivity contribution in [2.24, 2.45) is 5.73 Å². The molecule has 0 aliphatic carbocycles. The summed E-state index contributed by atoms with van der Waals surface area (Å²) in [6.45, 7) is 1.43. The highest BCUT2D eigenvalue weighted by molar-refractivity contribution is 7.11. The average molecular weight is 197 g/mol. The first-order valence-electron chi connectivity index (χ1n) is 4.21. The van der Waals surface area contributed by atoms with Gasteiger partial charge in [0.15, 0.2) is 5.01 Å². The topological polar surface area (TPSA) is 59.2 Å². The first kappa shape index (κ1) is 8.65. The smallest absolute Gasteiger partial charge is 0.282 e. The van der Waals surface area contributed by atoms with Crippen LogP contribution in [0.15, 0.2) is 11.6 Å². The van der Waals surface area contributed by atoms with Crippen molar-refractivity contribution in [1.82, 2.24) is 9.88 Å². The third-order valence-electron chi connectivity index (χ3n) is 2.13. The Labute approximate surface area is 80.4 Å². The van der Waals surface area contributed by atoms with Gasteiger partial charge in [-0.3, -0.25) is 4.79 Å². The molecule has 2 heterocycles. The minimum atomic E-state index is 0.0166. The van der Waals surface area contributed by atoms with E-state index >= 15 is 0 Å². The summed E-state index contributed by atoms with van der Waals surface area (Å²) in [6, 6.07) is 0.143. The number of hydrogen-bond acceptors (Lipinski definition) is 4. The highest BCUT2D eigenvalue weighted by Gasteiger charge is 2.25. The van der Waals surface area contributed by atoms with Gasteiger partial charge in [0.1, 0.15) is 0 Å². The number of likely N-dealkylation sites (tertiary alicyclic amines) is 1. The molecule has 1 fully saturated rings. The van der Waals surface area contributed by atoms with E-state index in [2.05, 4.69) is 4.98 Å².